The van der Waals surface area contributed by atoms with Gasteiger partial charge in [-0.15, -0.1) is 0 Å². The van der Waals surface area contributed by atoms with E-state index in [1.807, 2.05) is 43.3 Å². The topological polar surface area (TPSA) is 73.9 Å². The van der Waals surface area contributed by atoms with E-state index in [1.54, 1.807) is 34.1 Å². The second-order valence-electron chi connectivity index (χ2n) is 9.11. The number of esters is 1. The number of ketones is 1. The van der Waals surface area contributed by atoms with Gasteiger partial charge in [0.2, 0.25) is 0 Å². The highest BCUT2D eigenvalue weighted by Crippen LogP contribution is 2.48. The van der Waals surface area contributed by atoms with Crippen molar-refractivity contribution >= 4 is 23.4 Å². The molecule has 0 fully saturated rings. The molecule has 0 spiro atoms. The maximum Gasteiger partial charge on any atom is 0.336 e. The van der Waals surface area contributed by atoms with Crippen LogP contribution in [0.1, 0.15) is 50.2 Å². The van der Waals surface area contributed by atoms with E-state index < -0.39 is 17.8 Å². The fourth-order valence-corrected chi connectivity index (χ4v) is 5.24. The number of benzene rings is 2. The Kier molecular flexibility index (Phi) is 7.22. The van der Waals surface area contributed by atoms with Crippen LogP contribution in [-0.4, -0.2) is 32.1 Å². The van der Waals surface area contributed by atoms with Gasteiger partial charge in [0.25, 0.3) is 0 Å². The van der Waals surface area contributed by atoms with Crippen molar-refractivity contribution in [3.8, 4) is 11.5 Å². The summed E-state index contributed by atoms with van der Waals surface area (Å²) in [4.78, 5) is 26.9. The van der Waals surface area contributed by atoms with Crippen LogP contribution in [0.4, 0.5) is 0 Å². The molecule has 1 N–H and O–H groups in total. The number of rotatable bonds is 6. The Labute approximate surface area is 210 Å². The van der Waals surface area contributed by atoms with Crippen LogP contribution in [0.15, 0.2) is 65.5 Å². The molecular weight excluding hydrogens is 466 g/mol. The van der Waals surface area contributed by atoms with E-state index in [9.17, 15) is 9.59 Å². The second-order valence-corrected chi connectivity index (χ2v) is 9.52. The number of hydrogen-bond acceptors (Lipinski definition) is 6. The first-order valence-electron chi connectivity index (χ1n) is 11.6. The summed E-state index contributed by atoms with van der Waals surface area (Å²) in [6, 6.07) is 13.0. The van der Waals surface area contributed by atoms with Crippen molar-refractivity contribution in [3.05, 3.63) is 81.7 Å². The van der Waals surface area contributed by atoms with Gasteiger partial charge in [-0.3, -0.25) is 4.79 Å². The van der Waals surface area contributed by atoms with Gasteiger partial charge >= 0.3 is 5.97 Å². The second kappa shape index (κ2) is 10.2. The normalized spacial score (nSPS) is 21.7. The maximum atomic E-state index is 13.7. The molecule has 0 amide bonds. The Morgan fingerprint density at radius 3 is 2.43 bits per heavy atom. The number of methoxy groups -OCH3 is 2. The number of Topliss-reactive ketones (excluding diaryl/α,β-unsaturated/α-hetero) is 1. The number of fused-ring (bicyclic) bond motifs is 1. The molecule has 3 atom stereocenters. The summed E-state index contributed by atoms with van der Waals surface area (Å²) in [6.07, 6.45) is 2.08. The van der Waals surface area contributed by atoms with E-state index in [1.165, 1.54) is 0 Å². The van der Waals surface area contributed by atoms with Crippen LogP contribution in [0.2, 0.25) is 5.02 Å². The average Bonchev–Trinajstić information content (AvgIpc) is 2.82. The van der Waals surface area contributed by atoms with Crippen LogP contribution in [0.25, 0.3) is 0 Å². The molecule has 0 saturated heterocycles. The highest BCUT2D eigenvalue weighted by atomic mass is 35.5. The first-order valence-corrected chi connectivity index (χ1v) is 12.0. The van der Waals surface area contributed by atoms with Crippen molar-refractivity contribution in [2.24, 2.45) is 5.92 Å². The molecule has 2 aliphatic rings. The smallest absolute Gasteiger partial charge is 0.336 e. The molecule has 0 bridgehead atoms. The molecule has 1 aliphatic heterocycles. The Hall–Kier alpha value is -3.25. The number of nitrogens with one attached hydrogen (secondary N) is 1. The van der Waals surface area contributed by atoms with Crippen molar-refractivity contribution in [1.82, 2.24) is 5.32 Å². The number of allylic oxidation sites excluding steroid dienone is 3. The van der Waals surface area contributed by atoms with Crippen molar-refractivity contribution in [2.75, 3.05) is 14.2 Å². The summed E-state index contributed by atoms with van der Waals surface area (Å²) in [5.74, 6) is -0.425. The van der Waals surface area contributed by atoms with E-state index >= 15 is 0 Å². The number of ether oxygens (including phenoxy) is 3. The molecular formula is C28H30ClNO5. The summed E-state index contributed by atoms with van der Waals surface area (Å²) in [6.45, 7) is 5.45. The molecule has 0 saturated carbocycles. The van der Waals surface area contributed by atoms with Crippen LogP contribution in [0.5, 0.6) is 11.5 Å². The molecule has 0 aromatic heterocycles. The van der Waals surface area contributed by atoms with Crippen molar-refractivity contribution in [3.63, 3.8) is 0 Å². The Morgan fingerprint density at radius 1 is 1.06 bits per heavy atom. The van der Waals surface area contributed by atoms with Gasteiger partial charge in [-0.1, -0.05) is 41.9 Å². The minimum Gasteiger partial charge on any atom is -0.493 e. The third kappa shape index (κ3) is 4.80. The van der Waals surface area contributed by atoms with Gasteiger partial charge in [0.15, 0.2) is 11.5 Å². The van der Waals surface area contributed by atoms with Gasteiger partial charge in [-0.2, -0.15) is 0 Å². The predicted molar refractivity (Wildman–Crippen MR) is 135 cm³/mol. The van der Waals surface area contributed by atoms with E-state index in [0.717, 1.165) is 16.8 Å². The maximum absolute atomic E-state index is 13.7. The number of carbonyl (C=O) groups is 2. The zero-order chi connectivity index (χ0) is 25.3. The standard InChI is InChI=1S/C28H30ClNO5/c1-15(2)35-28(32)25-16(3)30-21-12-18(17-10-11-23(33-4)24(14-17)34-5)13-22(31)27(21)26(25)19-8-6-7-9-20(19)29/h6-12,14-15,18,26-27,30H,13H2,1-5H3. The van der Waals surface area contributed by atoms with Gasteiger partial charge in [-0.05, 0) is 50.1 Å². The first kappa shape index (κ1) is 24.9. The molecule has 2 aromatic rings. The Balaban J connectivity index is 1.82. The average molecular weight is 496 g/mol. The van der Waals surface area contributed by atoms with Crippen LogP contribution >= 0.6 is 11.6 Å². The van der Waals surface area contributed by atoms with Gasteiger partial charge in [0.1, 0.15) is 5.78 Å². The summed E-state index contributed by atoms with van der Waals surface area (Å²) >= 11 is 6.59. The minimum absolute atomic E-state index is 0.0297. The highest BCUT2D eigenvalue weighted by molar-refractivity contribution is 6.31. The fraction of sp³-hybridized carbons (Fsp3) is 0.357. The third-order valence-corrected chi connectivity index (χ3v) is 6.85. The zero-order valence-corrected chi connectivity index (χ0v) is 21.3. The van der Waals surface area contributed by atoms with Gasteiger partial charge in [-0.25, -0.2) is 4.79 Å². The monoisotopic (exact) mass is 495 g/mol. The molecule has 7 heteroatoms. The van der Waals surface area contributed by atoms with Gasteiger partial charge < -0.3 is 19.5 Å². The highest BCUT2D eigenvalue weighted by Gasteiger charge is 2.45. The third-order valence-electron chi connectivity index (χ3n) is 6.50. The van der Waals surface area contributed by atoms with E-state index in [4.69, 9.17) is 25.8 Å². The molecule has 4 rings (SSSR count). The lowest BCUT2D eigenvalue weighted by Crippen LogP contribution is -2.42. The molecule has 1 aliphatic carbocycles. The number of hydrogen-bond donors (Lipinski definition) is 1. The molecule has 184 valence electrons. The lowest BCUT2D eigenvalue weighted by molar-refractivity contribution is -0.143. The lowest BCUT2D eigenvalue weighted by Gasteiger charge is -2.40. The zero-order valence-electron chi connectivity index (χ0n) is 20.6. The van der Waals surface area contributed by atoms with Crippen molar-refractivity contribution in [2.45, 2.75) is 45.1 Å². The predicted octanol–water partition coefficient (Wildman–Crippen LogP) is 5.53. The summed E-state index contributed by atoms with van der Waals surface area (Å²) in [7, 11) is 3.18. The SMILES string of the molecule is COc1ccc(C2C=C3NC(C)=C(C(=O)OC(C)C)C(c4ccccc4Cl)C3C(=O)C2)cc1OC. The van der Waals surface area contributed by atoms with Crippen molar-refractivity contribution in [1.29, 1.82) is 0 Å². The lowest BCUT2D eigenvalue weighted by atomic mass is 9.68. The number of carbonyl (C=O) groups excluding carboxylic acids is 2. The molecule has 6 nitrogen and oxygen atoms in total. The van der Waals surface area contributed by atoms with Crippen LogP contribution < -0.4 is 14.8 Å². The van der Waals surface area contributed by atoms with E-state index in [0.29, 0.717) is 27.8 Å². The molecule has 2 aromatic carbocycles. The fourth-order valence-electron chi connectivity index (χ4n) is 4.98. The van der Waals surface area contributed by atoms with Crippen LogP contribution in [0, 0.1) is 5.92 Å². The Bertz CT molecular complexity index is 1220. The van der Waals surface area contributed by atoms with E-state index in [-0.39, 0.29) is 24.2 Å². The quantitative estimate of drug-likeness (QED) is 0.531. The molecule has 0 radical (unpaired) electrons. The van der Waals surface area contributed by atoms with Gasteiger partial charge in [0, 0.05) is 34.7 Å². The molecule has 1 heterocycles. The van der Waals surface area contributed by atoms with Crippen LogP contribution in [-0.2, 0) is 14.3 Å². The first-order chi connectivity index (χ1) is 16.7. The van der Waals surface area contributed by atoms with Gasteiger partial charge in [0.05, 0.1) is 31.8 Å². The largest absolute Gasteiger partial charge is 0.493 e. The van der Waals surface area contributed by atoms with E-state index in [2.05, 4.69) is 11.4 Å². The van der Waals surface area contributed by atoms with Crippen molar-refractivity contribution < 1.29 is 23.8 Å². The minimum atomic E-state index is -0.565. The molecule has 35 heavy (non-hydrogen) atoms. The van der Waals surface area contributed by atoms with Crippen LogP contribution in [0.3, 0.4) is 0 Å². The summed E-state index contributed by atoms with van der Waals surface area (Å²) in [5.41, 5.74) is 3.55. The summed E-state index contributed by atoms with van der Waals surface area (Å²) in [5, 5.41) is 3.85. The number of halogens is 1. The molecule has 3 unspecified atom stereocenters. The summed E-state index contributed by atoms with van der Waals surface area (Å²) < 4.78 is 16.4. The Morgan fingerprint density at radius 2 is 1.77 bits per heavy atom.